The third-order valence-corrected chi connectivity index (χ3v) is 3.29. The van der Waals surface area contributed by atoms with Crippen LogP contribution >= 0.6 is 15.9 Å². The molecular weight excluding hydrogens is 299 g/mol. The van der Waals surface area contributed by atoms with Crippen molar-refractivity contribution in [2.45, 2.75) is 6.04 Å². The SMILES string of the molecule is COc1ccc(C(N)c2ncccc2Br)c(F)c1. The van der Waals surface area contributed by atoms with E-state index in [0.717, 1.165) is 4.47 Å². The zero-order valence-corrected chi connectivity index (χ0v) is 11.3. The second kappa shape index (κ2) is 5.46. The van der Waals surface area contributed by atoms with Crippen LogP contribution in [-0.2, 0) is 0 Å². The molecule has 1 aromatic heterocycles. The Labute approximate surface area is 113 Å². The Balaban J connectivity index is 2.40. The van der Waals surface area contributed by atoms with E-state index in [1.807, 2.05) is 6.07 Å². The highest BCUT2D eigenvalue weighted by atomic mass is 79.9. The lowest BCUT2D eigenvalue weighted by atomic mass is 10.0. The molecule has 0 saturated carbocycles. The van der Waals surface area contributed by atoms with Crippen LogP contribution in [0, 0.1) is 5.82 Å². The lowest BCUT2D eigenvalue weighted by Crippen LogP contribution is -2.15. The molecule has 94 valence electrons. The third kappa shape index (κ3) is 2.52. The van der Waals surface area contributed by atoms with Gasteiger partial charge in [-0.25, -0.2) is 4.39 Å². The van der Waals surface area contributed by atoms with Crippen LogP contribution in [0.2, 0.25) is 0 Å². The summed E-state index contributed by atoms with van der Waals surface area (Å²) in [4.78, 5) is 4.17. The fourth-order valence-electron chi connectivity index (χ4n) is 1.66. The minimum absolute atomic E-state index is 0.384. The van der Waals surface area contributed by atoms with Crippen molar-refractivity contribution in [2.24, 2.45) is 5.73 Å². The number of hydrogen-bond acceptors (Lipinski definition) is 3. The zero-order chi connectivity index (χ0) is 13.1. The summed E-state index contributed by atoms with van der Waals surface area (Å²) in [5.74, 6) is 0.0583. The number of nitrogens with zero attached hydrogens (tertiary/aromatic N) is 1. The molecule has 0 radical (unpaired) electrons. The van der Waals surface area contributed by atoms with Crippen LogP contribution in [0.25, 0.3) is 0 Å². The van der Waals surface area contributed by atoms with Crippen LogP contribution < -0.4 is 10.5 Å². The molecule has 2 rings (SSSR count). The van der Waals surface area contributed by atoms with Gasteiger partial charge >= 0.3 is 0 Å². The molecule has 0 fully saturated rings. The fraction of sp³-hybridized carbons (Fsp3) is 0.154. The Kier molecular flexibility index (Phi) is 3.93. The first-order valence-corrected chi connectivity index (χ1v) is 6.12. The molecule has 1 unspecified atom stereocenters. The van der Waals surface area contributed by atoms with Crippen LogP contribution in [0.3, 0.4) is 0 Å². The van der Waals surface area contributed by atoms with Gasteiger partial charge in [-0.1, -0.05) is 6.07 Å². The molecule has 18 heavy (non-hydrogen) atoms. The summed E-state index contributed by atoms with van der Waals surface area (Å²) in [6, 6.07) is 7.58. The summed E-state index contributed by atoms with van der Waals surface area (Å²) in [7, 11) is 1.49. The van der Waals surface area contributed by atoms with Crippen molar-refractivity contribution >= 4 is 15.9 Å². The van der Waals surface area contributed by atoms with Gasteiger partial charge in [-0.15, -0.1) is 0 Å². The first-order valence-electron chi connectivity index (χ1n) is 5.33. The Morgan fingerprint density at radius 1 is 1.39 bits per heavy atom. The maximum Gasteiger partial charge on any atom is 0.132 e. The molecule has 2 aromatic rings. The maximum atomic E-state index is 13.9. The molecule has 3 nitrogen and oxygen atoms in total. The average molecular weight is 311 g/mol. The number of halogens is 2. The molecule has 1 heterocycles. The van der Waals surface area contributed by atoms with Crippen molar-refractivity contribution < 1.29 is 9.13 Å². The first-order chi connectivity index (χ1) is 8.63. The van der Waals surface area contributed by atoms with Gasteiger partial charge in [-0.3, -0.25) is 4.98 Å². The second-order valence-electron chi connectivity index (χ2n) is 3.74. The number of ether oxygens (including phenoxy) is 1. The van der Waals surface area contributed by atoms with Crippen molar-refractivity contribution in [3.63, 3.8) is 0 Å². The van der Waals surface area contributed by atoms with Gasteiger partial charge in [0.1, 0.15) is 11.6 Å². The summed E-state index contributed by atoms with van der Waals surface area (Å²) >= 11 is 3.36. The molecule has 0 aliphatic heterocycles. The van der Waals surface area contributed by atoms with Crippen molar-refractivity contribution in [3.8, 4) is 5.75 Å². The summed E-state index contributed by atoms with van der Waals surface area (Å²) < 4.78 is 19.6. The monoisotopic (exact) mass is 310 g/mol. The molecule has 5 heteroatoms. The Morgan fingerprint density at radius 2 is 2.17 bits per heavy atom. The highest BCUT2D eigenvalue weighted by Crippen LogP contribution is 2.28. The number of aromatic nitrogens is 1. The Bertz CT molecular complexity index is 562. The van der Waals surface area contributed by atoms with Gasteiger partial charge in [-0.2, -0.15) is 0 Å². The minimum Gasteiger partial charge on any atom is -0.497 e. The predicted octanol–water partition coefficient (Wildman–Crippen LogP) is 3.04. The molecule has 1 atom stereocenters. The molecule has 0 aliphatic rings. The number of nitrogens with two attached hydrogens (primary N) is 1. The van der Waals surface area contributed by atoms with Crippen molar-refractivity contribution in [1.29, 1.82) is 0 Å². The second-order valence-corrected chi connectivity index (χ2v) is 4.59. The van der Waals surface area contributed by atoms with E-state index in [2.05, 4.69) is 20.9 Å². The standard InChI is InChI=1S/C13H12BrFN2O/c1-18-8-4-5-9(11(15)7-8)12(16)13-10(14)3-2-6-17-13/h2-7,12H,16H2,1H3. The van der Waals surface area contributed by atoms with Gasteiger partial charge in [0.15, 0.2) is 0 Å². The highest BCUT2D eigenvalue weighted by Gasteiger charge is 2.17. The van der Waals surface area contributed by atoms with Crippen LogP contribution in [0.15, 0.2) is 41.0 Å². The van der Waals surface area contributed by atoms with Gasteiger partial charge in [0.25, 0.3) is 0 Å². The van der Waals surface area contributed by atoms with E-state index < -0.39 is 11.9 Å². The largest absolute Gasteiger partial charge is 0.497 e. The number of methoxy groups -OCH3 is 1. The van der Waals surface area contributed by atoms with E-state index in [9.17, 15) is 4.39 Å². The molecule has 0 spiro atoms. The van der Waals surface area contributed by atoms with Gasteiger partial charge in [0, 0.05) is 22.3 Å². The predicted molar refractivity (Wildman–Crippen MR) is 70.9 cm³/mol. The van der Waals surface area contributed by atoms with E-state index in [0.29, 0.717) is 17.0 Å². The molecule has 0 bridgehead atoms. The summed E-state index contributed by atoms with van der Waals surface area (Å²) in [5, 5.41) is 0. The minimum atomic E-state index is -0.619. The van der Waals surface area contributed by atoms with Crippen LogP contribution in [0.5, 0.6) is 5.75 Å². The van der Waals surface area contributed by atoms with Crippen molar-refractivity contribution in [2.75, 3.05) is 7.11 Å². The number of benzene rings is 1. The van der Waals surface area contributed by atoms with Gasteiger partial charge in [0.2, 0.25) is 0 Å². The van der Waals surface area contributed by atoms with E-state index >= 15 is 0 Å². The number of pyridine rings is 1. The molecule has 2 N–H and O–H groups in total. The Morgan fingerprint density at radius 3 is 2.78 bits per heavy atom. The quantitative estimate of drug-likeness (QED) is 0.948. The fourth-order valence-corrected chi connectivity index (χ4v) is 2.16. The van der Waals surface area contributed by atoms with Crippen molar-refractivity contribution in [3.05, 3.63) is 58.1 Å². The topological polar surface area (TPSA) is 48.1 Å². The average Bonchev–Trinajstić information content (AvgIpc) is 2.38. The molecule has 0 amide bonds. The van der Waals surface area contributed by atoms with E-state index in [-0.39, 0.29) is 0 Å². The molecular formula is C13H12BrFN2O. The summed E-state index contributed by atoms with van der Waals surface area (Å²) in [5.41, 5.74) is 7.02. The van der Waals surface area contributed by atoms with Crippen LogP contribution in [0.4, 0.5) is 4.39 Å². The van der Waals surface area contributed by atoms with Gasteiger partial charge < -0.3 is 10.5 Å². The van der Waals surface area contributed by atoms with Crippen molar-refractivity contribution in [1.82, 2.24) is 4.98 Å². The molecule has 0 aliphatic carbocycles. The summed E-state index contributed by atoms with van der Waals surface area (Å²) in [6.07, 6.45) is 1.63. The van der Waals surface area contributed by atoms with Gasteiger partial charge in [0.05, 0.1) is 18.8 Å². The maximum absolute atomic E-state index is 13.9. The number of rotatable bonds is 3. The Hall–Kier alpha value is -1.46. The lowest BCUT2D eigenvalue weighted by molar-refractivity contribution is 0.410. The van der Waals surface area contributed by atoms with E-state index in [4.69, 9.17) is 10.5 Å². The highest BCUT2D eigenvalue weighted by molar-refractivity contribution is 9.10. The number of hydrogen-bond donors (Lipinski definition) is 1. The van der Waals surface area contributed by atoms with Crippen LogP contribution in [-0.4, -0.2) is 12.1 Å². The summed E-state index contributed by atoms with van der Waals surface area (Å²) in [6.45, 7) is 0. The molecule has 1 aromatic carbocycles. The van der Waals surface area contributed by atoms with E-state index in [1.54, 1.807) is 24.4 Å². The zero-order valence-electron chi connectivity index (χ0n) is 9.73. The first kappa shape index (κ1) is 13.0. The lowest BCUT2D eigenvalue weighted by Gasteiger charge is -2.14. The smallest absolute Gasteiger partial charge is 0.132 e. The van der Waals surface area contributed by atoms with E-state index in [1.165, 1.54) is 13.2 Å². The normalized spacial score (nSPS) is 12.2. The third-order valence-electron chi connectivity index (χ3n) is 2.62. The van der Waals surface area contributed by atoms with Gasteiger partial charge in [-0.05, 0) is 34.1 Å². The molecule has 0 saturated heterocycles. The van der Waals surface area contributed by atoms with Crippen LogP contribution in [0.1, 0.15) is 17.3 Å².